The fraction of sp³-hybridized carbons (Fsp3) is 0.667. The largest absolute Gasteiger partial charge is 0.314 e. The molecule has 0 aliphatic heterocycles. The van der Waals surface area contributed by atoms with Crippen LogP contribution in [-0.2, 0) is 0 Å². The molecule has 1 rings (SSSR count). The molecule has 15 heavy (non-hydrogen) atoms. The predicted octanol–water partition coefficient (Wildman–Crippen LogP) is 4.39. The van der Waals surface area contributed by atoms with Gasteiger partial charge in [0.25, 0.3) is 0 Å². The van der Waals surface area contributed by atoms with E-state index in [2.05, 4.69) is 52.8 Å². The van der Waals surface area contributed by atoms with Gasteiger partial charge in [0.2, 0.25) is 0 Å². The first kappa shape index (κ1) is 13.2. The number of nitrogens with one attached hydrogen (secondary N) is 1. The predicted molar refractivity (Wildman–Crippen MR) is 72.8 cm³/mol. The van der Waals surface area contributed by atoms with Crippen LogP contribution in [0.3, 0.4) is 0 Å². The Labute approximate surface area is 105 Å². The van der Waals surface area contributed by atoms with Crippen LogP contribution in [0, 0.1) is 0 Å². The molecule has 0 saturated carbocycles. The zero-order valence-electron chi connectivity index (χ0n) is 9.72. The molecule has 0 saturated heterocycles. The number of hydrogen-bond donors (Lipinski definition) is 1. The van der Waals surface area contributed by atoms with Crippen molar-refractivity contribution in [2.75, 3.05) is 6.54 Å². The zero-order valence-corrected chi connectivity index (χ0v) is 12.1. The van der Waals surface area contributed by atoms with Crippen LogP contribution < -0.4 is 5.32 Å². The second-order valence-electron chi connectivity index (χ2n) is 4.17. The van der Waals surface area contributed by atoms with Crippen LogP contribution in [0.4, 0.5) is 0 Å². The molecule has 0 aliphatic carbocycles. The smallest absolute Gasteiger partial charge is 0.0317 e. The van der Waals surface area contributed by atoms with E-state index < -0.39 is 0 Å². The number of rotatable bonds is 6. The van der Waals surface area contributed by atoms with E-state index in [1.807, 2.05) is 0 Å². The monoisotopic (exact) mass is 289 g/mol. The van der Waals surface area contributed by atoms with Gasteiger partial charge >= 0.3 is 0 Å². The fourth-order valence-electron chi connectivity index (χ4n) is 1.77. The van der Waals surface area contributed by atoms with Crippen LogP contribution in [-0.4, -0.2) is 12.6 Å². The second-order valence-corrected chi connectivity index (χ2v) is 5.76. The lowest BCUT2D eigenvalue weighted by atomic mass is 9.97. The maximum Gasteiger partial charge on any atom is 0.0317 e. The maximum atomic E-state index is 3.60. The van der Waals surface area contributed by atoms with E-state index in [0.29, 0.717) is 12.0 Å². The van der Waals surface area contributed by atoms with Gasteiger partial charge in [0.15, 0.2) is 0 Å². The van der Waals surface area contributed by atoms with E-state index >= 15 is 0 Å². The molecule has 0 amide bonds. The molecule has 0 fully saturated rings. The molecule has 1 nitrogen and oxygen atoms in total. The van der Waals surface area contributed by atoms with E-state index in [1.54, 1.807) is 11.3 Å². The number of thiophene rings is 1. The third-order valence-electron chi connectivity index (χ3n) is 2.62. The van der Waals surface area contributed by atoms with E-state index in [9.17, 15) is 0 Å². The van der Waals surface area contributed by atoms with Gasteiger partial charge in [-0.2, -0.15) is 11.3 Å². The summed E-state index contributed by atoms with van der Waals surface area (Å²) in [6.45, 7) is 7.90. The minimum absolute atomic E-state index is 0.603. The number of halogens is 1. The lowest BCUT2D eigenvalue weighted by molar-refractivity contribution is 0.479. The third-order valence-corrected chi connectivity index (χ3v) is 4.37. The van der Waals surface area contributed by atoms with Crippen molar-refractivity contribution in [3.05, 3.63) is 20.8 Å². The molecule has 3 heteroatoms. The Morgan fingerprint density at radius 2 is 2.13 bits per heavy atom. The molecule has 1 aromatic heterocycles. The SMILES string of the molecule is CCCNC(C)CC(C)c1cscc1Br. The van der Waals surface area contributed by atoms with Crippen molar-refractivity contribution in [2.24, 2.45) is 0 Å². The second kappa shape index (κ2) is 6.66. The van der Waals surface area contributed by atoms with Crippen molar-refractivity contribution in [1.82, 2.24) is 5.32 Å². The summed E-state index contributed by atoms with van der Waals surface area (Å²) >= 11 is 5.37. The van der Waals surface area contributed by atoms with Crippen LogP contribution in [0.25, 0.3) is 0 Å². The number of hydrogen-bond acceptors (Lipinski definition) is 2. The molecule has 2 unspecified atom stereocenters. The molecule has 0 aromatic carbocycles. The van der Waals surface area contributed by atoms with Gasteiger partial charge in [-0.25, -0.2) is 0 Å². The molecule has 0 bridgehead atoms. The van der Waals surface area contributed by atoms with Crippen LogP contribution in [0.15, 0.2) is 15.2 Å². The lowest BCUT2D eigenvalue weighted by Gasteiger charge is -2.18. The Balaban J connectivity index is 2.42. The zero-order chi connectivity index (χ0) is 11.3. The summed E-state index contributed by atoms with van der Waals surface area (Å²) in [5.74, 6) is 0.630. The van der Waals surface area contributed by atoms with E-state index in [-0.39, 0.29) is 0 Å². The van der Waals surface area contributed by atoms with Crippen molar-refractivity contribution in [3.8, 4) is 0 Å². The van der Waals surface area contributed by atoms with Crippen molar-refractivity contribution < 1.29 is 0 Å². The van der Waals surface area contributed by atoms with Gasteiger partial charge in [-0.1, -0.05) is 13.8 Å². The standard InChI is InChI=1S/C12H20BrNS/c1-4-5-14-10(3)6-9(2)11-7-15-8-12(11)13/h7-10,14H,4-6H2,1-3H3. The van der Waals surface area contributed by atoms with E-state index in [4.69, 9.17) is 0 Å². The Bertz CT molecular complexity index is 285. The highest BCUT2D eigenvalue weighted by molar-refractivity contribution is 9.10. The Morgan fingerprint density at radius 3 is 2.67 bits per heavy atom. The summed E-state index contributed by atoms with van der Waals surface area (Å²) in [5.41, 5.74) is 1.45. The molecule has 2 atom stereocenters. The van der Waals surface area contributed by atoms with Gasteiger partial charge in [-0.05, 0) is 59.1 Å². The van der Waals surface area contributed by atoms with Crippen LogP contribution in [0.5, 0.6) is 0 Å². The summed E-state index contributed by atoms with van der Waals surface area (Å²) in [4.78, 5) is 0. The molecule has 1 N–H and O–H groups in total. The summed E-state index contributed by atoms with van der Waals surface area (Å²) in [5, 5.41) is 7.95. The molecule has 0 spiro atoms. The minimum Gasteiger partial charge on any atom is -0.314 e. The lowest BCUT2D eigenvalue weighted by Crippen LogP contribution is -2.27. The average molecular weight is 290 g/mol. The normalized spacial score (nSPS) is 15.2. The highest BCUT2D eigenvalue weighted by Crippen LogP contribution is 2.31. The van der Waals surface area contributed by atoms with Crippen LogP contribution in [0.2, 0.25) is 0 Å². The van der Waals surface area contributed by atoms with E-state index in [1.165, 1.54) is 22.9 Å². The summed E-state index contributed by atoms with van der Waals surface area (Å²) < 4.78 is 1.27. The quantitative estimate of drug-likeness (QED) is 0.819. The third kappa shape index (κ3) is 4.25. The minimum atomic E-state index is 0.603. The van der Waals surface area contributed by atoms with Gasteiger partial charge < -0.3 is 5.32 Å². The molecule has 0 radical (unpaired) electrons. The Hall–Kier alpha value is 0.140. The summed E-state index contributed by atoms with van der Waals surface area (Å²) in [6, 6.07) is 0.603. The topological polar surface area (TPSA) is 12.0 Å². The van der Waals surface area contributed by atoms with Crippen LogP contribution in [0.1, 0.15) is 45.1 Å². The molecule has 1 aromatic rings. The van der Waals surface area contributed by atoms with Crippen molar-refractivity contribution in [2.45, 2.75) is 45.6 Å². The summed E-state index contributed by atoms with van der Waals surface area (Å²) in [6.07, 6.45) is 2.41. The van der Waals surface area contributed by atoms with Crippen molar-refractivity contribution in [1.29, 1.82) is 0 Å². The molecular formula is C12H20BrNS. The molecular weight excluding hydrogens is 270 g/mol. The average Bonchev–Trinajstić information content (AvgIpc) is 2.61. The van der Waals surface area contributed by atoms with Gasteiger partial charge in [0, 0.05) is 15.9 Å². The fourth-order valence-corrected chi connectivity index (χ4v) is 3.58. The first-order chi connectivity index (χ1) is 7.15. The molecule has 86 valence electrons. The van der Waals surface area contributed by atoms with E-state index in [0.717, 1.165) is 6.54 Å². The van der Waals surface area contributed by atoms with Gasteiger partial charge in [0.1, 0.15) is 0 Å². The van der Waals surface area contributed by atoms with Gasteiger partial charge in [-0.3, -0.25) is 0 Å². The summed E-state index contributed by atoms with van der Waals surface area (Å²) in [7, 11) is 0. The first-order valence-corrected chi connectivity index (χ1v) is 7.33. The maximum absolute atomic E-state index is 3.60. The Morgan fingerprint density at radius 1 is 1.40 bits per heavy atom. The van der Waals surface area contributed by atoms with Gasteiger partial charge in [0.05, 0.1) is 0 Å². The highest BCUT2D eigenvalue weighted by atomic mass is 79.9. The Kier molecular flexibility index (Phi) is 5.87. The molecule has 1 heterocycles. The van der Waals surface area contributed by atoms with Gasteiger partial charge in [-0.15, -0.1) is 0 Å². The first-order valence-electron chi connectivity index (χ1n) is 5.60. The van der Waals surface area contributed by atoms with Crippen molar-refractivity contribution in [3.63, 3.8) is 0 Å². The van der Waals surface area contributed by atoms with Crippen LogP contribution >= 0.6 is 27.3 Å². The molecule has 0 aliphatic rings. The van der Waals surface area contributed by atoms with Crippen molar-refractivity contribution >= 4 is 27.3 Å². The highest BCUT2D eigenvalue weighted by Gasteiger charge is 2.13.